The standard InChI is InChI=1S/C19H28F3N3O2.ClH/c1-23-8-5-15-6-10-25(11-7-15)14-18(26)24-9-12-27-17-4-2-3-16(13-17)19(20,21)22;/h2-4,13,15,23H,5-12,14H2,1H3,(H,24,26);1H. The molecule has 2 rings (SSSR count). The Morgan fingerprint density at radius 2 is 1.96 bits per heavy atom. The van der Waals surface area contributed by atoms with E-state index in [2.05, 4.69) is 15.5 Å². The molecule has 1 aliphatic rings. The molecule has 1 saturated heterocycles. The van der Waals surface area contributed by atoms with Crippen molar-refractivity contribution in [1.29, 1.82) is 0 Å². The van der Waals surface area contributed by atoms with Gasteiger partial charge in [-0.3, -0.25) is 9.69 Å². The molecule has 1 heterocycles. The first-order valence-corrected chi connectivity index (χ1v) is 9.32. The second-order valence-corrected chi connectivity index (χ2v) is 6.84. The summed E-state index contributed by atoms with van der Waals surface area (Å²) in [5.74, 6) is 0.775. The molecule has 5 nitrogen and oxygen atoms in total. The van der Waals surface area contributed by atoms with Gasteiger partial charge in [0.25, 0.3) is 0 Å². The van der Waals surface area contributed by atoms with Crippen LogP contribution in [0.4, 0.5) is 13.2 Å². The molecule has 9 heteroatoms. The van der Waals surface area contributed by atoms with Crippen LogP contribution in [-0.2, 0) is 11.0 Å². The number of carbonyl (C=O) groups excluding carboxylic acids is 1. The average molecular weight is 424 g/mol. The Morgan fingerprint density at radius 3 is 2.61 bits per heavy atom. The van der Waals surface area contributed by atoms with E-state index in [9.17, 15) is 18.0 Å². The molecule has 0 aliphatic carbocycles. The van der Waals surface area contributed by atoms with E-state index >= 15 is 0 Å². The Bertz CT molecular complexity index is 594. The van der Waals surface area contributed by atoms with E-state index in [4.69, 9.17) is 4.74 Å². The normalized spacial score (nSPS) is 15.7. The lowest BCUT2D eigenvalue weighted by molar-refractivity contribution is -0.137. The molecule has 2 N–H and O–H groups in total. The van der Waals surface area contributed by atoms with Gasteiger partial charge in [0.05, 0.1) is 18.7 Å². The van der Waals surface area contributed by atoms with Gasteiger partial charge in [0.15, 0.2) is 0 Å². The van der Waals surface area contributed by atoms with Crippen molar-refractivity contribution >= 4 is 18.3 Å². The Balaban J connectivity index is 0.00000392. The van der Waals surface area contributed by atoms with Crippen molar-refractivity contribution in [3.63, 3.8) is 0 Å². The summed E-state index contributed by atoms with van der Waals surface area (Å²) in [7, 11) is 1.95. The topological polar surface area (TPSA) is 53.6 Å². The number of carbonyl (C=O) groups is 1. The third kappa shape index (κ3) is 8.67. The molecule has 0 unspecified atom stereocenters. The summed E-state index contributed by atoms with van der Waals surface area (Å²) < 4.78 is 43.2. The van der Waals surface area contributed by atoms with Crippen LogP contribution in [-0.4, -0.2) is 57.2 Å². The zero-order chi connectivity index (χ0) is 19.7. The molecule has 0 saturated carbocycles. The summed E-state index contributed by atoms with van der Waals surface area (Å²) in [6, 6.07) is 4.73. The monoisotopic (exact) mass is 423 g/mol. The Labute approximate surface area is 170 Å². The quantitative estimate of drug-likeness (QED) is 0.600. The number of piperidine rings is 1. The molecule has 0 bridgehead atoms. The Kier molecular flexibility index (Phi) is 10.6. The van der Waals surface area contributed by atoms with Crippen LogP contribution >= 0.6 is 12.4 Å². The highest BCUT2D eigenvalue weighted by atomic mass is 35.5. The number of rotatable bonds is 9. The molecule has 1 amide bonds. The van der Waals surface area contributed by atoms with Gasteiger partial charge in [0, 0.05) is 0 Å². The molecule has 1 aliphatic heterocycles. The van der Waals surface area contributed by atoms with Gasteiger partial charge in [-0.15, -0.1) is 12.4 Å². The summed E-state index contributed by atoms with van der Waals surface area (Å²) in [5.41, 5.74) is -0.748. The first-order valence-electron chi connectivity index (χ1n) is 9.32. The number of ether oxygens (including phenoxy) is 1. The predicted octanol–water partition coefficient (Wildman–Crippen LogP) is 2.94. The van der Waals surface area contributed by atoms with E-state index in [1.54, 1.807) is 0 Å². The third-order valence-corrected chi connectivity index (χ3v) is 4.73. The van der Waals surface area contributed by atoms with E-state index < -0.39 is 11.7 Å². The van der Waals surface area contributed by atoms with Gasteiger partial charge in [-0.1, -0.05) is 6.07 Å². The Morgan fingerprint density at radius 1 is 1.25 bits per heavy atom. The molecule has 28 heavy (non-hydrogen) atoms. The highest BCUT2D eigenvalue weighted by Gasteiger charge is 2.30. The summed E-state index contributed by atoms with van der Waals surface area (Å²) in [4.78, 5) is 14.1. The van der Waals surface area contributed by atoms with Crippen LogP contribution in [0.1, 0.15) is 24.8 Å². The summed E-state index contributed by atoms with van der Waals surface area (Å²) >= 11 is 0. The van der Waals surface area contributed by atoms with Crippen molar-refractivity contribution in [2.24, 2.45) is 5.92 Å². The second-order valence-electron chi connectivity index (χ2n) is 6.84. The third-order valence-electron chi connectivity index (χ3n) is 4.73. The number of alkyl halides is 3. The predicted molar refractivity (Wildman–Crippen MR) is 105 cm³/mol. The number of benzene rings is 1. The van der Waals surface area contributed by atoms with Crippen molar-refractivity contribution in [2.45, 2.75) is 25.4 Å². The molecule has 0 radical (unpaired) electrons. The average Bonchev–Trinajstić information content (AvgIpc) is 2.64. The molecule has 1 aromatic carbocycles. The summed E-state index contributed by atoms with van der Waals surface area (Å²) in [6.45, 7) is 3.59. The lowest BCUT2D eigenvalue weighted by Gasteiger charge is -2.31. The van der Waals surface area contributed by atoms with Crippen LogP contribution in [0, 0.1) is 5.92 Å². The number of likely N-dealkylation sites (tertiary alicyclic amines) is 1. The minimum atomic E-state index is -4.39. The van der Waals surface area contributed by atoms with Crippen LogP contribution in [0.2, 0.25) is 0 Å². The number of halogens is 4. The SMILES string of the molecule is CNCCC1CCN(CC(=O)NCCOc2cccc(C(F)(F)F)c2)CC1.Cl. The molecular formula is C19H29ClF3N3O2. The number of hydrogen-bond acceptors (Lipinski definition) is 4. The van der Waals surface area contributed by atoms with Gasteiger partial charge in [-0.25, -0.2) is 0 Å². The van der Waals surface area contributed by atoms with Crippen LogP contribution in [0.5, 0.6) is 5.75 Å². The number of hydrogen-bond donors (Lipinski definition) is 2. The fourth-order valence-electron chi connectivity index (χ4n) is 3.16. The molecule has 0 atom stereocenters. The fourth-order valence-corrected chi connectivity index (χ4v) is 3.16. The molecule has 1 fully saturated rings. The minimum Gasteiger partial charge on any atom is -0.492 e. The van der Waals surface area contributed by atoms with Gasteiger partial charge in [-0.05, 0) is 70.1 Å². The summed E-state index contributed by atoms with van der Waals surface area (Å²) in [6.07, 6.45) is -1.02. The number of nitrogens with zero attached hydrogens (tertiary/aromatic N) is 1. The van der Waals surface area contributed by atoms with Crippen molar-refractivity contribution in [2.75, 3.05) is 46.4 Å². The van der Waals surface area contributed by atoms with Gasteiger partial charge < -0.3 is 15.4 Å². The molecule has 1 aromatic rings. The van der Waals surface area contributed by atoms with Crippen LogP contribution in [0.25, 0.3) is 0 Å². The zero-order valence-corrected chi connectivity index (χ0v) is 16.9. The van der Waals surface area contributed by atoms with Gasteiger partial charge >= 0.3 is 6.18 Å². The van der Waals surface area contributed by atoms with Crippen LogP contribution in [0.15, 0.2) is 24.3 Å². The second kappa shape index (κ2) is 12.1. The van der Waals surface area contributed by atoms with Crippen molar-refractivity contribution in [3.8, 4) is 5.75 Å². The van der Waals surface area contributed by atoms with E-state index in [0.29, 0.717) is 6.54 Å². The fraction of sp³-hybridized carbons (Fsp3) is 0.632. The smallest absolute Gasteiger partial charge is 0.416 e. The summed E-state index contributed by atoms with van der Waals surface area (Å²) in [5, 5.41) is 5.92. The van der Waals surface area contributed by atoms with Crippen molar-refractivity contribution in [1.82, 2.24) is 15.5 Å². The van der Waals surface area contributed by atoms with E-state index in [-0.39, 0.29) is 37.2 Å². The van der Waals surface area contributed by atoms with Gasteiger partial charge in [-0.2, -0.15) is 13.2 Å². The van der Waals surface area contributed by atoms with E-state index in [1.165, 1.54) is 18.6 Å². The van der Waals surface area contributed by atoms with Gasteiger partial charge in [0.2, 0.25) is 5.91 Å². The minimum absolute atomic E-state index is 0. The largest absolute Gasteiger partial charge is 0.492 e. The lowest BCUT2D eigenvalue weighted by Crippen LogP contribution is -2.42. The number of amides is 1. The first-order chi connectivity index (χ1) is 12.9. The van der Waals surface area contributed by atoms with Crippen molar-refractivity contribution < 1.29 is 22.7 Å². The molecule has 160 valence electrons. The Hall–Kier alpha value is -1.51. The highest BCUT2D eigenvalue weighted by Crippen LogP contribution is 2.31. The van der Waals surface area contributed by atoms with E-state index in [0.717, 1.165) is 50.5 Å². The lowest BCUT2D eigenvalue weighted by atomic mass is 9.93. The highest BCUT2D eigenvalue weighted by molar-refractivity contribution is 5.85. The maximum atomic E-state index is 12.6. The van der Waals surface area contributed by atoms with Gasteiger partial charge in [0.1, 0.15) is 12.4 Å². The maximum Gasteiger partial charge on any atom is 0.416 e. The van der Waals surface area contributed by atoms with Crippen LogP contribution < -0.4 is 15.4 Å². The zero-order valence-electron chi connectivity index (χ0n) is 16.1. The number of nitrogens with one attached hydrogen (secondary N) is 2. The molecule has 0 aromatic heterocycles. The molecule has 0 spiro atoms. The molecular weight excluding hydrogens is 395 g/mol. The van der Waals surface area contributed by atoms with E-state index in [1.807, 2.05) is 7.05 Å². The maximum absolute atomic E-state index is 12.6. The van der Waals surface area contributed by atoms with Crippen LogP contribution in [0.3, 0.4) is 0 Å². The first kappa shape index (κ1) is 24.5. The van der Waals surface area contributed by atoms with Crippen molar-refractivity contribution in [3.05, 3.63) is 29.8 Å².